The van der Waals surface area contributed by atoms with Crippen LogP contribution in [0.5, 0.6) is 0 Å². The van der Waals surface area contributed by atoms with E-state index in [-0.39, 0.29) is 35.1 Å². The number of sulfonamides is 1. The van der Waals surface area contributed by atoms with Gasteiger partial charge in [0.2, 0.25) is 10.0 Å². The quantitative estimate of drug-likeness (QED) is 0.615. The highest BCUT2D eigenvalue weighted by Gasteiger charge is 2.26. The van der Waals surface area contributed by atoms with Gasteiger partial charge in [-0.1, -0.05) is 25.4 Å². The number of esters is 1. The van der Waals surface area contributed by atoms with Crippen molar-refractivity contribution >= 4 is 33.5 Å². The molecular weight excluding hydrogens is 408 g/mol. The van der Waals surface area contributed by atoms with Gasteiger partial charge in [-0.05, 0) is 30.3 Å². The largest absolute Gasteiger partial charge is 0.467 e. The molecule has 1 heterocycles. The van der Waals surface area contributed by atoms with E-state index in [2.05, 4.69) is 5.32 Å². The number of hydrogen-bond donors (Lipinski definition) is 1. The summed E-state index contributed by atoms with van der Waals surface area (Å²) in [6.45, 7) is 3.58. The fraction of sp³-hybridized carbons (Fsp3) is 0.333. The first-order valence-electron chi connectivity index (χ1n) is 8.55. The lowest BCUT2D eigenvalue weighted by molar-refractivity contribution is -0.124. The molecule has 2 aromatic rings. The van der Waals surface area contributed by atoms with Crippen LogP contribution in [-0.4, -0.2) is 44.3 Å². The molecular formula is C18H21ClN2O6S. The zero-order valence-corrected chi connectivity index (χ0v) is 17.0. The summed E-state index contributed by atoms with van der Waals surface area (Å²) in [5.74, 6) is -0.792. The van der Waals surface area contributed by atoms with Gasteiger partial charge in [0, 0.05) is 13.1 Å². The van der Waals surface area contributed by atoms with Gasteiger partial charge in [-0.25, -0.2) is 13.2 Å². The van der Waals surface area contributed by atoms with E-state index < -0.39 is 28.5 Å². The summed E-state index contributed by atoms with van der Waals surface area (Å²) in [7, 11) is -3.85. The van der Waals surface area contributed by atoms with Gasteiger partial charge >= 0.3 is 5.97 Å². The molecule has 0 unspecified atom stereocenters. The molecule has 0 saturated carbocycles. The van der Waals surface area contributed by atoms with E-state index in [9.17, 15) is 18.0 Å². The third-order valence-electron chi connectivity index (χ3n) is 3.86. The molecule has 152 valence electrons. The summed E-state index contributed by atoms with van der Waals surface area (Å²) >= 11 is 6.03. The lowest BCUT2D eigenvalue weighted by atomic mass is 10.2. The fourth-order valence-electron chi connectivity index (χ4n) is 2.39. The summed E-state index contributed by atoms with van der Waals surface area (Å²) in [5.41, 5.74) is -0.0195. The van der Waals surface area contributed by atoms with Gasteiger partial charge in [0.15, 0.2) is 6.61 Å². The van der Waals surface area contributed by atoms with E-state index in [0.717, 1.165) is 6.07 Å². The van der Waals surface area contributed by atoms with Crippen LogP contribution in [0.4, 0.5) is 0 Å². The average Bonchev–Trinajstić information content (AvgIpc) is 3.19. The molecule has 28 heavy (non-hydrogen) atoms. The van der Waals surface area contributed by atoms with E-state index in [1.165, 1.54) is 22.7 Å². The molecule has 1 amide bonds. The number of carbonyl (C=O) groups is 2. The molecule has 0 bridgehead atoms. The molecule has 0 aliphatic carbocycles. The highest BCUT2D eigenvalue weighted by Crippen LogP contribution is 2.26. The van der Waals surface area contributed by atoms with Gasteiger partial charge in [-0.15, -0.1) is 0 Å². The Labute approximate surface area is 168 Å². The summed E-state index contributed by atoms with van der Waals surface area (Å²) < 4.78 is 36.6. The molecule has 0 saturated heterocycles. The first kappa shape index (κ1) is 21.9. The first-order valence-corrected chi connectivity index (χ1v) is 10.4. The van der Waals surface area contributed by atoms with E-state index in [0.29, 0.717) is 5.76 Å². The van der Waals surface area contributed by atoms with E-state index >= 15 is 0 Å². The normalized spacial score (nSPS) is 11.4. The fourth-order valence-corrected chi connectivity index (χ4v) is 4.35. The number of nitrogens with one attached hydrogen (secondary N) is 1. The number of amides is 1. The van der Waals surface area contributed by atoms with Crippen LogP contribution >= 0.6 is 11.6 Å². The molecule has 0 radical (unpaired) electrons. The Morgan fingerprint density at radius 3 is 2.54 bits per heavy atom. The van der Waals surface area contributed by atoms with E-state index in [1.807, 2.05) is 0 Å². The summed E-state index contributed by atoms with van der Waals surface area (Å²) in [6, 6.07) is 7.18. The minimum Gasteiger partial charge on any atom is -0.467 e. The van der Waals surface area contributed by atoms with Crippen molar-refractivity contribution in [3.8, 4) is 0 Å². The molecule has 0 atom stereocenters. The number of nitrogens with zero attached hydrogens (tertiary/aromatic N) is 1. The molecule has 1 N–H and O–H groups in total. The maximum atomic E-state index is 12.7. The molecule has 8 nitrogen and oxygen atoms in total. The summed E-state index contributed by atoms with van der Waals surface area (Å²) in [4.78, 5) is 23.8. The Balaban J connectivity index is 2.04. The Morgan fingerprint density at radius 2 is 1.93 bits per heavy atom. The maximum Gasteiger partial charge on any atom is 0.338 e. The highest BCUT2D eigenvalue weighted by molar-refractivity contribution is 7.89. The van der Waals surface area contributed by atoms with Crippen molar-refractivity contribution in [1.29, 1.82) is 0 Å². The zero-order valence-electron chi connectivity index (χ0n) is 15.5. The topological polar surface area (TPSA) is 106 Å². The summed E-state index contributed by atoms with van der Waals surface area (Å²) in [5, 5.41) is 2.53. The first-order chi connectivity index (χ1) is 13.3. The highest BCUT2D eigenvalue weighted by atomic mass is 35.5. The Kier molecular flexibility index (Phi) is 7.61. The second kappa shape index (κ2) is 9.72. The zero-order chi connectivity index (χ0) is 20.7. The standard InChI is InChI=1S/C18H21ClN2O6S/c1-3-21(4-2)28(24,25)16-10-13(7-8-15(16)19)18(23)27-12-17(22)20-11-14-6-5-9-26-14/h5-10H,3-4,11-12H2,1-2H3,(H,20,22). The average molecular weight is 429 g/mol. The second-order valence-electron chi connectivity index (χ2n) is 5.67. The van der Waals surface area contributed by atoms with Gasteiger partial charge in [0.1, 0.15) is 10.7 Å². The van der Waals surface area contributed by atoms with E-state index in [4.69, 9.17) is 20.8 Å². The molecule has 0 aliphatic heterocycles. The van der Waals surface area contributed by atoms with Gasteiger partial charge in [-0.3, -0.25) is 4.79 Å². The molecule has 1 aromatic heterocycles. The van der Waals surface area contributed by atoms with Crippen LogP contribution in [0, 0.1) is 0 Å². The van der Waals surface area contributed by atoms with Gasteiger partial charge < -0.3 is 14.5 Å². The molecule has 0 fully saturated rings. The predicted octanol–water partition coefficient (Wildman–Crippen LogP) is 2.44. The molecule has 10 heteroatoms. The maximum absolute atomic E-state index is 12.7. The third-order valence-corrected chi connectivity index (χ3v) is 6.40. The molecule has 2 rings (SSSR count). The molecule has 0 aliphatic rings. The van der Waals surface area contributed by atoms with Crippen molar-refractivity contribution in [2.75, 3.05) is 19.7 Å². The van der Waals surface area contributed by atoms with E-state index in [1.54, 1.807) is 26.0 Å². The summed E-state index contributed by atoms with van der Waals surface area (Å²) in [6.07, 6.45) is 1.48. The minimum atomic E-state index is -3.85. The molecule has 0 spiro atoms. The monoisotopic (exact) mass is 428 g/mol. The predicted molar refractivity (Wildman–Crippen MR) is 102 cm³/mol. The SMILES string of the molecule is CCN(CC)S(=O)(=O)c1cc(C(=O)OCC(=O)NCc2ccco2)ccc1Cl. The van der Waals surface area contributed by atoms with Crippen LogP contribution in [0.1, 0.15) is 30.0 Å². The Morgan fingerprint density at radius 1 is 1.21 bits per heavy atom. The number of furan rings is 1. The van der Waals surface area contributed by atoms with Crippen LogP contribution in [0.2, 0.25) is 5.02 Å². The van der Waals surface area contributed by atoms with Crippen LogP contribution in [-0.2, 0) is 26.1 Å². The molecule has 1 aromatic carbocycles. The van der Waals surface area contributed by atoms with Crippen molar-refractivity contribution in [2.45, 2.75) is 25.3 Å². The minimum absolute atomic E-state index is 0.000333. The second-order valence-corrected chi connectivity index (χ2v) is 7.98. The lowest BCUT2D eigenvalue weighted by Crippen LogP contribution is -2.31. The van der Waals surface area contributed by atoms with Crippen molar-refractivity contribution < 1.29 is 27.2 Å². The smallest absolute Gasteiger partial charge is 0.338 e. The van der Waals surface area contributed by atoms with Crippen LogP contribution < -0.4 is 5.32 Å². The van der Waals surface area contributed by atoms with Crippen LogP contribution in [0.15, 0.2) is 45.9 Å². The number of benzene rings is 1. The Bertz CT molecular complexity index is 924. The number of carbonyl (C=O) groups excluding carboxylic acids is 2. The number of hydrogen-bond acceptors (Lipinski definition) is 6. The van der Waals surface area contributed by atoms with Crippen molar-refractivity contribution in [3.05, 3.63) is 52.9 Å². The van der Waals surface area contributed by atoms with Gasteiger partial charge in [0.25, 0.3) is 5.91 Å². The van der Waals surface area contributed by atoms with Crippen molar-refractivity contribution in [2.24, 2.45) is 0 Å². The van der Waals surface area contributed by atoms with Crippen molar-refractivity contribution in [3.63, 3.8) is 0 Å². The third kappa shape index (κ3) is 5.34. The van der Waals surface area contributed by atoms with Gasteiger partial charge in [0.05, 0.1) is 23.4 Å². The number of ether oxygens (including phenoxy) is 1. The number of halogens is 1. The van der Waals surface area contributed by atoms with Crippen LogP contribution in [0.25, 0.3) is 0 Å². The van der Waals surface area contributed by atoms with Gasteiger partial charge in [-0.2, -0.15) is 4.31 Å². The number of rotatable bonds is 9. The van der Waals surface area contributed by atoms with Crippen LogP contribution in [0.3, 0.4) is 0 Å². The Hall–Kier alpha value is -2.36. The lowest BCUT2D eigenvalue weighted by Gasteiger charge is -2.19. The van der Waals surface area contributed by atoms with Crippen molar-refractivity contribution in [1.82, 2.24) is 9.62 Å².